The van der Waals surface area contributed by atoms with Crippen LogP contribution in [-0.2, 0) is 4.79 Å². The zero-order valence-electron chi connectivity index (χ0n) is 5.65. The summed E-state index contributed by atoms with van der Waals surface area (Å²) in [6, 6.07) is 0. The normalized spacial score (nSPS) is 9.90. The number of unbranched alkanes of at least 4 members (excludes halogenated alkanes) is 1. The molecule has 58 valence electrons. The summed E-state index contributed by atoms with van der Waals surface area (Å²) >= 11 is 0. The lowest BCUT2D eigenvalue weighted by Gasteiger charge is -1.95. The molecular weight excluding hydrogens is 138 g/mol. The Morgan fingerprint density at radius 2 is 2.20 bits per heavy atom. The molecule has 0 N–H and O–H groups in total. The lowest BCUT2D eigenvalue weighted by molar-refractivity contribution is -0.129. The molecule has 0 aromatic rings. The van der Waals surface area contributed by atoms with E-state index in [0.717, 1.165) is 0 Å². The van der Waals surface area contributed by atoms with E-state index in [1.807, 2.05) is 0 Å². The standard InChI is InChI=1S/C7H10F2O/c1-2-3-4-5-6(10)7(8)9/h2,7H,1,3-5H2. The van der Waals surface area contributed by atoms with Crippen LogP contribution in [0.15, 0.2) is 12.7 Å². The monoisotopic (exact) mass is 148 g/mol. The predicted octanol–water partition coefficient (Wildman–Crippen LogP) is 2.18. The van der Waals surface area contributed by atoms with Crippen molar-refractivity contribution in [3.63, 3.8) is 0 Å². The van der Waals surface area contributed by atoms with Crippen molar-refractivity contribution in [3.05, 3.63) is 12.7 Å². The van der Waals surface area contributed by atoms with Crippen molar-refractivity contribution in [2.24, 2.45) is 0 Å². The number of hydrogen-bond donors (Lipinski definition) is 0. The first-order valence-corrected chi connectivity index (χ1v) is 3.10. The lowest BCUT2D eigenvalue weighted by atomic mass is 10.2. The minimum absolute atomic E-state index is 0.0380. The van der Waals surface area contributed by atoms with Crippen LogP contribution in [0.1, 0.15) is 19.3 Å². The van der Waals surface area contributed by atoms with E-state index in [2.05, 4.69) is 6.58 Å². The van der Waals surface area contributed by atoms with Gasteiger partial charge in [0.15, 0.2) is 5.78 Å². The van der Waals surface area contributed by atoms with Crippen LogP contribution >= 0.6 is 0 Å². The van der Waals surface area contributed by atoms with Gasteiger partial charge >= 0.3 is 0 Å². The van der Waals surface area contributed by atoms with Gasteiger partial charge in [-0.2, -0.15) is 0 Å². The third-order valence-corrected chi connectivity index (χ3v) is 1.07. The Labute approximate surface area is 58.7 Å². The Morgan fingerprint density at radius 1 is 1.60 bits per heavy atom. The van der Waals surface area contributed by atoms with E-state index in [0.29, 0.717) is 12.8 Å². The summed E-state index contributed by atoms with van der Waals surface area (Å²) in [5.41, 5.74) is 0. The maximum absolute atomic E-state index is 11.5. The Bertz CT molecular complexity index is 121. The van der Waals surface area contributed by atoms with Crippen LogP contribution in [0.2, 0.25) is 0 Å². The minimum atomic E-state index is -2.80. The summed E-state index contributed by atoms with van der Waals surface area (Å²) in [5, 5.41) is 0. The highest BCUT2D eigenvalue weighted by molar-refractivity contribution is 5.81. The van der Waals surface area contributed by atoms with Gasteiger partial charge in [0.05, 0.1) is 0 Å². The highest BCUT2D eigenvalue weighted by atomic mass is 19.3. The Balaban J connectivity index is 3.30. The Hall–Kier alpha value is -0.730. The van der Waals surface area contributed by atoms with Gasteiger partial charge in [0.25, 0.3) is 6.43 Å². The molecule has 0 aromatic heterocycles. The third-order valence-electron chi connectivity index (χ3n) is 1.07. The van der Waals surface area contributed by atoms with Crippen molar-refractivity contribution >= 4 is 5.78 Å². The van der Waals surface area contributed by atoms with E-state index in [-0.39, 0.29) is 6.42 Å². The number of allylic oxidation sites excluding steroid dienone is 1. The number of carbonyl (C=O) groups is 1. The molecule has 3 heteroatoms. The number of ketones is 1. The molecule has 0 saturated heterocycles. The van der Waals surface area contributed by atoms with Crippen LogP contribution in [0.4, 0.5) is 8.78 Å². The second kappa shape index (κ2) is 5.09. The fourth-order valence-corrected chi connectivity index (χ4v) is 0.530. The number of Topliss-reactive ketones (excluding diaryl/α,β-unsaturated/α-hetero) is 1. The largest absolute Gasteiger partial charge is 0.295 e. The average Bonchev–Trinajstić information content (AvgIpc) is 1.88. The van der Waals surface area contributed by atoms with Crippen molar-refractivity contribution in [1.29, 1.82) is 0 Å². The summed E-state index contributed by atoms with van der Waals surface area (Å²) in [4.78, 5) is 10.2. The Kier molecular flexibility index (Phi) is 4.72. The van der Waals surface area contributed by atoms with Crippen LogP contribution in [-0.4, -0.2) is 12.2 Å². The van der Waals surface area contributed by atoms with Crippen LogP contribution in [0, 0.1) is 0 Å². The summed E-state index contributed by atoms with van der Waals surface area (Å²) in [5.74, 6) is -0.971. The molecule has 0 saturated carbocycles. The first kappa shape index (κ1) is 9.27. The Morgan fingerprint density at radius 3 is 2.60 bits per heavy atom. The summed E-state index contributed by atoms with van der Waals surface area (Å²) in [6.45, 7) is 3.40. The van der Waals surface area contributed by atoms with Gasteiger partial charge in [-0.1, -0.05) is 6.08 Å². The molecule has 0 rings (SSSR count). The van der Waals surface area contributed by atoms with Crippen molar-refractivity contribution in [2.45, 2.75) is 25.7 Å². The van der Waals surface area contributed by atoms with Gasteiger partial charge in [-0.25, -0.2) is 8.78 Å². The average molecular weight is 148 g/mol. The molecule has 0 atom stereocenters. The predicted molar refractivity (Wildman–Crippen MR) is 35.1 cm³/mol. The molecule has 0 aliphatic heterocycles. The molecule has 10 heavy (non-hydrogen) atoms. The first-order chi connectivity index (χ1) is 4.68. The smallest absolute Gasteiger partial charge is 0.293 e. The molecule has 0 amide bonds. The highest BCUT2D eigenvalue weighted by Gasteiger charge is 2.13. The highest BCUT2D eigenvalue weighted by Crippen LogP contribution is 2.03. The van der Waals surface area contributed by atoms with Crippen molar-refractivity contribution in [2.75, 3.05) is 0 Å². The van der Waals surface area contributed by atoms with E-state index in [1.54, 1.807) is 6.08 Å². The number of hydrogen-bond acceptors (Lipinski definition) is 1. The van der Waals surface area contributed by atoms with Crippen molar-refractivity contribution < 1.29 is 13.6 Å². The molecule has 0 fully saturated rings. The minimum Gasteiger partial charge on any atom is -0.293 e. The summed E-state index contributed by atoms with van der Waals surface area (Å²) in [6.07, 6.45) is -0.127. The lowest BCUT2D eigenvalue weighted by Crippen LogP contribution is -2.08. The van der Waals surface area contributed by atoms with Crippen LogP contribution < -0.4 is 0 Å². The van der Waals surface area contributed by atoms with Gasteiger partial charge in [-0.05, 0) is 12.8 Å². The van der Waals surface area contributed by atoms with Gasteiger partial charge in [0.2, 0.25) is 0 Å². The van der Waals surface area contributed by atoms with E-state index < -0.39 is 12.2 Å². The van der Waals surface area contributed by atoms with Crippen LogP contribution in [0.3, 0.4) is 0 Å². The molecule has 0 heterocycles. The molecule has 0 aliphatic rings. The van der Waals surface area contributed by atoms with E-state index in [1.165, 1.54) is 0 Å². The first-order valence-electron chi connectivity index (χ1n) is 3.10. The molecule has 0 unspecified atom stereocenters. The number of alkyl halides is 2. The zero-order valence-corrected chi connectivity index (χ0v) is 5.65. The molecule has 0 aromatic carbocycles. The molecule has 0 spiro atoms. The second-order valence-electron chi connectivity index (χ2n) is 1.95. The topological polar surface area (TPSA) is 17.1 Å². The van der Waals surface area contributed by atoms with Crippen molar-refractivity contribution in [3.8, 4) is 0 Å². The maximum atomic E-state index is 11.5. The van der Waals surface area contributed by atoms with E-state index in [4.69, 9.17) is 0 Å². The number of carbonyl (C=O) groups excluding carboxylic acids is 1. The SMILES string of the molecule is C=CCCCC(=O)C(F)F. The third kappa shape index (κ3) is 4.18. The maximum Gasteiger partial charge on any atom is 0.295 e. The van der Waals surface area contributed by atoms with Crippen molar-refractivity contribution in [1.82, 2.24) is 0 Å². The van der Waals surface area contributed by atoms with Gasteiger partial charge in [-0.3, -0.25) is 4.79 Å². The van der Waals surface area contributed by atoms with Gasteiger partial charge in [0, 0.05) is 6.42 Å². The van der Waals surface area contributed by atoms with Crippen LogP contribution in [0.5, 0.6) is 0 Å². The zero-order chi connectivity index (χ0) is 7.98. The van der Waals surface area contributed by atoms with Crippen LogP contribution in [0.25, 0.3) is 0 Å². The second-order valence-corrected chi connectivity index (χ2v) is 1.95. The van der Waals surface area contributed by atoms with Gasteiger partial charge in [0.1, 0.15) is 0 Å². The molecule has 0 bridgehead atoms. The van der Waals surface area contributed by atoms with Gasteiger partial charge < -0.3 is 0 Å². The summed E-state index contributed by atoms with van der Waals surface area (Å²) in [7, 11) is 0. The van der Waals surface area contributed by atoms with E-state index in [9.17, 15) is 13.6 Å². The molecule has 0 aliphatic carbocycles. The van der Waals surface area contributed by atoms with Gasteiger partial charge in [-0.15, -0.1) is 6.58 Å². The fourth-order valence-electron chi connectivity index (χ4n) is 0.530. The number of halogens is 2. The number of rotatable bonds is 5. The molecule has 1 nitrogen and oxygen atoms in total. The quantitative estimate of drug-likeness (QED) is 0.431. The molecule has 0 radical (unpaired) electrons. The summed E-state index contributed by atoms with van der Waals surface area (Å²) < 4.78 is 23.0. The van der Waals surface area contributed by atoms with E-state index >= 15 is 0 Å². The molecular formula is C7H10F2O. The fraction of sp³-hybridized carbons (Fsp3) is 0.571.